The van der Waals surface area contributed by atoms with Crippen LogP contribution in [0.4, 0.5) is 0 Å². The summed E-state index contributed by atoms with van der Waals surface area (Å²) in [6.07, 6.45) is 2.49. The lowest BCUT2D eigenvalue weighted by Crippen LogP contribution is -2.40. The van der Waals surface area contributed by atoms with E-state index >= 15 is 0 Å². The third-order valence-electron chi connectivity index (χ3n) is 4.40. The van der Waals surface area contributed by atoms with Crippen LogP contribution >= 0.6 is 0 Å². The van der Waals surface area contributed by atoms with Gasteiger partial charge in [-0.3, -0.25) is 9.59 Å². The highest BCUT2D eigenvalue weighted by Crippen LogP contribution is 2.23. The van der Waals surface area contributed by atoms with Crippen molar-refractivity contribution in [3.8, 4) is 0 Å². The normalized spacial score (nSPS) is 17.7. The maximum Gasteiger partial charge on any atom is 0.253 e. The molecule has 1 saturated heterocycles. The molecule has 1 fully saturated rings. The number of Topliss-reactive ketones (excluding diaryl/α,β-unsaturated/α-hetero) is 1. The van der Waals surface area contributed by atoms with Crippen molar-refractivity contribution in [3.63, 3.8) is 0 Å². The summed E-state index contributed by atoms with van der Waals surface area (Å²) in [5.74, 6) is 0.496. The van der Waals surface area contributed by atoms with Crippen LogP contribution in [0.15, 0.2) is 60.7 Å². The monoisotopic (exact) mass is 307 g/mol. The van der Waals surface area contributed by atoms with Crippen molar-refractivity contribution >= 4 is 11.7 Å². The van der Waals surface area contributed by atoms with Gasteiger partial charge in [0, 0.05) is 30.6 Å². The summed E-state index contributed by atoms with van der Waals surface area (Å²) in [6, 6.07) is 18.8. The number of likely N-dealkylation sites (tertiary alicyclic amines) is 1. The molecule has 0 saturated carbocycles. The predicted molar refractivity (Wildman–Crippen MR) is 90.5 cm³/mol. The molecule has 1 atom stereocenters. The van der Waals surface area contributed by atoms with Crippen LogP contribution < -0.4 is 0 Å². The largest absolute Gasteiger partial charge is 0.338 e. The van der Waals surface area contributed by atoms with Crippen molar-refractivity contribution < 1.29 is 9.59 Å². The van der Waals surface area contributed by atoms with Gasteiger partial charge in [-0.1, -0.05) is 48.5 Å². The first-order valence-electron chi connectivity index (χ1n) is 8.16. The molecule has 0 unspecified atom stereocenters. The first-order valence-corrected chi connectivity index (χ1v) is 8.16. The van der Waals surface area contributed by atoms with E-state index in [0.717, 1.165) is 30.5 Å². The van der Waals surface area contributed by atoms with Gasteiger partial charge in [0.05, 0.1) is 0 Å². The average Bonchev–Trinajstić information content (AvgIpc) is 2.63. The third-order valence-corrected chi connectivity index (χ3v) is 4.40. The van der Waals surface area contributed by atoms with Gasteiger partial charge >= 0.3 is 0 Å². The van der Waals surface area contributed by atoms with Crippen LogP contribution in [0.5, 0.6) is 0 Å². The lowest BCUT2D eigenvalue weighted by molar-refractivity contribution is 0.0652. The summed E-state index contributed by atoms with van der Waals surface area (Å²) >= 11 is 0. The molecule has 2 aromatic rings. The number of piperidine rings is 1. The van der Waals surface area contributed by atoms with Crippen LogP contribution in [0.2, 0.25) is 0 Å². The Morgan fingerprint density at radius 1 is 0.913 bits per heavy atom. The van der Waals surface area contributed by atoms with Crippen LogP contribution in [0.25, 0.3) is 0 Å². The average molecular weight is 307 g/mol. The molecular weight excluding hydrogens is 286 g/mol. The van der Waals surface area contributed by atoms with E-state index in [1.807, 2.05) is 65.6 Å². The third kappa shape index (κ3) is 3.86. The zero-order valence-corrected chi connectivity index (χ0v) is 13.2. The van der Waals surface area contributed by atoms with Gasteiger partial charge < -0.3 is 4.90 Å². The second-order valence-electron chi connectivity index (χ2n) is 6.12. The fourth-order valence-electron chi connectivity index (χ4n) is 3.18. The van der Waals surface area contributed by atoms with Crippen LogP contribution in [-0.2, 0) is 0 Å². The molecule has 1 amide bonds. The summed E-state index contributed by atoms with van der Waals surface area (Å²) in [4.78, 5) is 26.8. The quantitative estimate of drug-likeness (QED) is 0.805. The van der Waals surface area contributed by atoms with Crippen molar-refractivity contribution in [2.45, 2.75) is 19.3 Å². The van der Waals surface area contributed by atoms with E-state index in [4.69, 9.17) is 0 Å². The lowest BCUT2D eigenvalue weighted by atomic mass is 9.90. The fourth-order valence-corrected chi connectivity index (χ4v) is 3.18. The van der Waals surface area contributed by atoms with E-state index in [9.17, 15) is 9.59 Å². The Kier molecular flexibility index (Phi) is 4.86. The SMILES string of the molecule is O=C(C[C@@H]1CCCN(C(=O)c2ccccc2)C1)c1ccccc1. The molecule has 0 N–H and O–H groups in total. The second-order valence-corrected chi connectivity index (χ2v) is 6.12. The van der Waals surface area contributed by atoms with Crippen LogP contribution in [0.1, 0.15) is 40.0 Å². The molecule has 23 heavy (non-hydrogen) atoms. The van der Waals surface area contributed by atoms with E-state index in [1.54, 1.807) is 0 Å². The molecule has 0 radical (unpaired) electrons. The van der Waals surface area contributed by atoms with Gasteiger partial charge in [0.1, 0.15) is 0 Å². The lowest BCUT2D eigenvalue weighted by Gasteiger charge is -2.32. The van der Waals surface area contributed by atoms with E-state index in [2.05, 4.69) is 0 Å². The maximum absolute atomic E-state index is 12.5. The van der Waals surface area contributed by atoms with Crippen LogP contribution in [0, 0.1) is 5.92 Å². The molecule has 3 heteroatoms. The van der Waals surface area contributed by atoms with Crippen molar-refractivity contribution in [1.82, 2.24) is 4.90 Å². The van der Waals surface area contributed by atoms with E-state index in [1.165, 1.54) is 0 Å². The number of hydrogen-bond donors (Lipinski definition) is 0. The fraction of sp³-hybridized carbons (Fsp3) is 0.300. The molecule has 118 valence electrons. The minimum Gasteiger partial charge on any atom is -0.338 e. The standard InChI is InChI=1S/C20H21NO2/c22-19(17-9-3-1-4-10-17)14-16-8-7-13-21(15-16)20(23)18-11-5-2-6-12-18/h1-6,9-12,16H,7-8,13-15H2/t16-/m0/s1. The van der Waals surface area contributed by atoms with Crippen molar-refractivity contribution in [3.05, 3.63) is 71.8 Å². The van der Waals surface area contributed by atoms with Gasteiger partial charge in [0.25, 0.3) is 5.91 Å². The van der Waals surface area contributed by atoms with Crippen molar-refractivity contribution in [2.75, 3.05) is 13.1 Å². The highest BCUT2D eigenvalue weighted by molar-refractivity contribution is 5.96. The molecule has 1 aliphatic heterocycles. The number of hydrogen-bond acceptors (Lipinski definition) is 2. The Morgan fingerprint density at radius 3 is 2.17 bits per heavy atom. The number of carbonyl (C=O) groups excluding carboxylic acids is 2. The molecule has 0 aliphatic carbocycles. The zero-order chi connectivity index (χ0) is 16.1. The summed E-state index contributed by atoms with van der Waals surface area (Å²) in [5, 5.41) is 0. The number of nitrogens with zero attached hydrogens (tertiary/aromatic N) is 1. The van der Waals surface area contributed by atoms with Crippen molar-refractivity contribution in [1.29, 1.82) is 0 Å². The van der Waals surface area contributed by atoms with Gasteiger partial charge in [0.15, 0.2) is 5.78 Å². The topological polar surface area (TPSA) is 37.4 Å². The predicted octanol–water partition coefficient (Wildman–Crippen LogP) is 3.81. The molecule has 1 heterocycles. The highest BCUT2D eigenvalue weighted by atomic mass is 16.2. The zero-order valence-electron chi connectivity index (χ0n) is 13.2. The number of carbonyl (C=O) groups is 2. The number of amides is 1. The first-order chi connectivity index (χ1) is 11.2. The summed E-state index contributed by atoms with van der Waals surface area (Å²) in [5.41, 5.74) is 1.49. The second kappa shape index (κ2) is 7.23. The summed E-state index contributed by atoms with van der Waals surface area (Å²) in [6.45, 7) is 1.45. The maximum atomic E-state index is 12.5. The molecular formula is C20H21NO2. The number of rotatable bonds is 4. The Morgan fingerprint density at radius 2 is 1.52 bits per heavy atom. The van der Waals surface area contributed by atoms with Crippen molar-refractivity contribution in [2.24, 2.45) is 5.92 Å². The molecule has 0 bridgehead atoms. The Hall–Kier alpha value is -2.42. The first kappa shape index (κ1) is 15.5. The van der Waals surface area contributed by atoms with E-state index in [0.29, 0.717) is 13.0 Å². The molecule has 1 aliphatic rings. The van der Waals surface area contributed by atoms with Gasteiger partial charge in [-0.2, -0.15) is 0 Å². The van der Waals surface area contributed by atoms with Gasteiger partial charge in [-0.05, 0) is 30.9 Å². The smallest absolute Gasteiger partial charge is 0.253 e. The number of ketones is 1. The molecule has 0 aromatic heterocycles. The highest BCUT2D eigenvalue weighted by Gasteiger charge is 2.26. The van der Waals surface area contributed by atoms with E-state index in [-0.39, 0.29) is 17.6 Å². The summed E-state index contributed by atoms with van der Waals surface area (Å²) < 4.78 is 0. The molecule has 2 aromatic carbocycles. The van der Waals surface area contributed by atoms with Gasteiger partial charge in [-0.25, -0.2) is 0 Å². The Bertz CT molecular complexity index is 667. The van der Waals surface area contributed by atoms with Gasteiger partial charge in [-0.15, -0.1) is 0 Å². The number of benzene rings is 2. The molecule has 0 spiro atoms. The van der Waals surface area contributed by atoms with Gasteiger partial charge in [0.2, 0.25) is 0 Å². The minimum absolute atomic E-state index is 0.0717. The Balaban J connectivity index is 1.62. The van der Waals surface area contributed by atoms with Crippen LogP contribution in [-0.4, -0.2) is 29.7 Å². The minimum atomic E-state index is 0.0717. The van der Waals surface area contributed by atoms with E-state index < -0.39 is 0 Å². The van der Waals surface area contributed by atoms with Crippen LogP contribution in [0.3, 0.4) is 0 Å². The summed E-state index contributed by atoms with van der Waals surface area (Å²) in [7, 11) is 0. The molecule has 3 nitrogen and oxygen atoms in total. The molecule has 3 rings (SSSR count). The Labute approximate surface area is 136 Å².